The van der Waals surface area contributed by atoms with Crippen LogP contribution in [0.5, 0.6) is 5.75 Å². The van der Waals surface area contributed by atoms with Gasteiger partial charge in [0.25, 0.3) is 0 Å². The average Bonchev–Trinajstić information content (AvgIpc) is 3.14. The lowest BCUT2D eigenvalue weighted by Crippen LogP contribution is -2.39. The van der Waals surface area contributed by atoms with Gasteiger partial charge in [-0.25, -0.2) is 0 Å². The highest BCUT2D eigenvalue weighted by molar-refractivity contribution is 5.82. The predicted molar refractivity (Wildman–Crippen MR) is 128 cm³/mol. The van der Waals surface area contributed by atoms with Gasteiger partial charge in [0, 0.05) is 19.0 Å². The molecule has 2 N–H and O–H groups in total. The first kappa shape index (κ1) is 19.1. The van der Waals surface area contributed by atoms with E-state index in [4.69, 9.17) is 0 Å². The summed E-state index contributed by atoms with van der Waals surface area (Å²) < 4.78 is 0. The summed E-state index contributed by atoms with van der Waals surface area (Å²) in [5.41, 5.74) is 10.8. The summed E-state index contributed by atoms with van der Waals surface area (Å²) in [6.07, 6.45) is 1.48. The smallest absolute Gasteiger partial charge is 0.146 e. The van der Waals surface area contributed by atoms with Gasteiger partial charge in [-0.1, -0.05) is 78.9 Å². The third-order valence-electron chi connectivity index (χ3n) is 5.72. The molecule has 0 atom stereocenters. The Labute approximate surface area is 182 Å². The zero-order chi connectivity index (χ0) is 21.2. The van der Waals surface area contributed by atoms with Gasteiger partial charge in [-0.15, -0.1) is 0 Å². The van der Waals surface area contributed by atoms with Gasteiger partial charge in [-0.05, 0) is 41.3 Å². The van der Waals surface area contributed by atoms with Crippen LogP contribution in [0.15, 0.2) is 97.1 Å². The van der Waals surface area contributed by atoms with Crippen molar-refractivity contribution in [3.8, 4) is 5.75 Å². The Bertz CT molecular complexity index is 1190. The van der Waals surface area contributed by atoms with Crippen molar-refractivity contribution < 1.29 is 5.11 Å². The topological polar surface area (TPSA) is 38.7 Å². The molecule has 4 aromatic rings. The zero-order valence-electron chi connectivity index (χ0n) is 17.5. The minimum atomic E-state index is 0.299. The molecule has 31 heavy (non-hydrogen) atoms. The van der Waals surface area contributed by atoms with E-state index in [0.29, 0.717) is 12.2 Å². The first-order valence-electron chi connectivity index (χ1n) is 10.5. The molecule has 0 bridgehead atoms. The number of aromatic hydroxyl groups is 1. The molecule has 1 aliphatic rings. The fourth-order valence-electron chi connectivity index (χ4n) is 4.16. The van der Waals surface area contributed by atoms with Crippen molar-refractivity contribution in [3.63, 3.8) is 0 Å². The number of nitrogens with zero attached hydrogens (tertiary/aromatic N) is 2. The number of fused-ring (bicyclic) bond motifs is 1. The maximum absolute atomic E-state index is 11.3. The molecule has 0 unspecified atom stereocenters. The van der Waals surface area contributed by atoms with E-state index in [0.717, 1.165) is 34.6 Å². The van der Waals surface area contributed by atoms with Crippen molar-refractivity contribution in [3.05, 3.63) is 119 Å². The van der Waals surface area contributed by atoms with E-state index in [2.05, 4.69) is 60.0 Å². The molecule has 0 radical (unpaired) electrons. The standard InChI is InChI=1S/C27H25N3O/c1-29-25-15-9-8-14-24(25)28-30(29)26-19-22(16-20-10-4-2-5-11-20)18-23(27(26)31)17-21-12-6-3-7-13-21/h2-15,18-19,28,31H,16-17H2,1H3. The molecular formula is C27H25N3O. The second-order valence-electron chi connectivity index (χ2n) is 7.91. The van der Waals surface area contributed by atoms with Crippen molar-refractivity contribution in [2.45, 2.75) is 12.8 Å². The molecule has 1 aliphatic heterocycles. The van der Waals surface area contributed by atoms with Crippen molar-refractivity contribution >= 4 is 17.1 Å². The van der Waals surface area contributed by atoms with Crippen molar-refractivity contribution in [2.75, 3.05) is 22.6 Å². The van der Waals surface area contributed by atoms with Crippen molar-refractivity contribution in [2.24, 2.45) is 0 Å². The van der Waals surface area contributed by atoms with Crippen LogP contribution in [-0.2, 0) is 12.8 Å². The van der Waals surface area contributed by atoms with Gasteiger partial charge in [-0.3, -0.25) is 10.4 Å². The monoisotopic (exact) mass is 407 g/mol. The Kier molecular flexibility index (Phi) is 4.97. The maximum Gasteiger partial charge on any atom is 0.146 e. The number of hydrogen-bond acceptors (Lipinski definition) is 4. The number of hydrazine groups is 2. The molecule has 0 fully saturated rings. The van der Waals surface area contributed by atoms with Crippen LogP contribution in [0, 0.1) is 0 Å². The lowest BCUT2D eigenvalue weighted by atomic mass is 9.97. The number of hydrogen-bond donors (Lipinski definition) is 2. The van der Waals surface area contributed by atoms with Gasteiger partial charge in [0.2, 0.25) is 0 Å². The van der Waals surface area contributed by atoms with Crippen LogP contribution in [0.3, 0.4) is 0 Å². The first-order chi connectivity index (χ1) is 15.2. The summed E-state index contributed by atoms with van der Waals surface area (Å²) in [7, 11) is 2.00. The Morgan fingerprint density at radius 2 is 1.29 bits per heavy atom. The number of anilines is 3. The van der Waals surface area contributed by atoms with Crippen LogP contribution >= 0.6 is 0 Å². The predicted octanol–water partition coefficient (Wildman–Crippen LogP) is 5.77. The van der Waals surface area contributed by atoms with Gasteiger partial charge in [0.15, 0.2) is 0 Å². The highest BCUT2D eigenvalue weighted by Gasteiger charge is 2.27. The molecule has 154 valence electrons. The van der Waals surface area contributed by atoms with E-state index < -0.39 is 0 Å². The lowest BCUT2D eigenvalue weighted by molar-refractivity contribution is 0.468. The Morgan fingerprint density at radius 1 is 0.677 bits per heavy atom. The second-order valence-corrected chi connectivity index (χ2v) is 7.91. The number of phenolic OH excluding ortho intramolecular Hbond substituents is 1. The fraction of sp³-hybridized carbons (Fsp3) is 0.111. The first-order valence-corrected chi connectivity index (χ1v) is 10.5. The molecule has 0 aliphatic carbocycles. The van der Waals surface area contributed by atoms with Crippen molar-refractivity contribution in [1.82, 2.24) is 0 Å². The summed E-state index contributed by atoms with van der Waals surface area (Å²) in [6, 6.07) is 33.1. The summed E-state index contributed by atoms with van der Waals surface area (Å²) in [5, 5.41) is 15.2. The quantitative estimate of drug-likeness (QED) is 0.440. The van der Waals surface area contributed by atoms with Gasteiger partial charge in [0.1, 0.15) is 11.4 Å². The maximum atomic E-state index is 11.3. The van der Waals surface area contributed by atoms with E-state index in [-0.39, 0.29) is 0 Å². The van der Waals surface area contributed by atoms with Crippen LogP contribution in [-0.4, -0.2) is 12.2 Å². The second kappa shape index (κ2) is 8.07. The molecule has 0 spiro atoms. The third-order valence-corrected chi connectivity index (χ3v) is 5.72. The summed E-state index contributed by atoms with van der Waals surface area (Å²) >= 11 is 0. The minimum absolute atomic E-state index is 0.299. The number of para-hydroxylation sites is 2. The van der Waals surface area contributed by atoms with E-state index in [1.165, 1.54) is 11.1 Å². The molecule has 0 amide bonds. The van der Waals surface area contributed by atoms with E-state index >= 15 is 0 Å². The number of benzene rings is 4. The Hall–Kier alpha value is -3.92. The Balaban J connectivity index is 1.56. The fourth-order valence-corrected chi connectivity index (χ4v) is 4.16. The molecule has 0 aromatic heterocycles. The molecule has 4 heteroatoms. The molecule has 0 saturated carbocycles. The highest BCUT2D eigenvalue weighted by atomic mass is 16.3. The van der Waals surface area contributed by atoms with E-state index in [9.17, 15) is 5.11 Å². The van der Waals surface area contributed by atoms with E-state index in [1.807, 2.05) is 59.6 Å². The molecule has 0 saturated heterocycles. The average molecular weight is 408 g/mol. The Morgan fingerprint density at radius 3 is 1.97 bits per heavy atom. The third kappa shape index (κ3) is 3.80. The van der Waals surface area contributed by atoms with Crippen LogP contribution in [0.2, 0.25) is 0 Å². The largest absolute Gasteiger partial charge is 0.505 e. The lowest BCUT2D eigenvalue weighted by Gasteiger charge is -2.29. The number of nitrogens with one attached hydrogen (secondary N) is 1. The minimum Gasteiger partial charge on any atom is -0.505 e. The van der Waals surface area contributed by atoms with Gasteiger partial charge in [-0.2, -0.15) is 5.12 Å². The van der Waals surface area contributed by atoms with E-state index in [1.54, 1.807) is 0 Å². The van der Waals surface area contributed by atoms with Crippen LogP contribution in [0.4, 0.5) is 17.1 Å². The van der Waals surface area contributed by atoms with Gasteiger partial charge < -0.3 is 5.11 Å². The highest BCUT2D eigenvalue weighted by Crippen LogP contribution is 2.41. The zero-order valence-corrected chi connectivity index (χ0v) is 17.5. The number of phenols is 1. The van der Waals surface area contributed by atoms with Crippen molar-refractivity contribution in [1.29, 1.82) is 0 Å². The summed E-state index contributed by atoms with van der Waals surface area (Å²) in [5.74, 6) is 0.299. The van der Waals surface area contributed by atoms with Gasteiger partial charge in [0.05, 0.1) is 11.4 Å². The molecule has 5 rings (SSSR count). The SMILES string of the molecule is CN1c2ccccc2NN1c1cc(Cc2ccccc2)cc(Cc2ccccc2)c1O. The normalized spacial score (nSPS) is 12.5. The number of rotatable bonds is 5. The van der Waals surface area contributed by atoms with Crippen LogP contribution in [0.25, 0.3) is 0 Å². The molecule has 1 heterocycles. The summed E-state index contributed by atoms with van der Waals surface area (Å²) in [4.78, 5) is 0. The molecular weight excluding hydrogens is 382 g/mol. The molecule has 4 nitrogen and oxygen atoms in total. The van der Waals surface area contributed by atoms with Crippen LogP contribution < -0.4 is 15.6 Å². The van der Waals surface area contributed by atoms with Crippen LogP contribution in [0.1, 0.15) is 22.3 Å². The summed E-state index contributed by atoms with van der Waals surface area (Å²) in [6.45, 7) is 0. The van der Waals surface area contributed by atoms with Gasteiger partial charge >= 0.3 is 0 Å². The molecule has 4 aromatic carbocycles.